The van der Waals surface area contributed by atoms with Gasteiger partial charge in [-0.3, -0.25) is 4.79 Å². The molecule has 7 heteroatoms. The lowest BCUT2D eigenvalue weighted by Gasteiger charge is -2.19. The fraction of sp³-hybridized carbons (Fsp3) is 0.316. The second-order valence-corrected chi connectivity index (χ2v) is 8.71. The number of nitrogens with one attached hydrogen (secondary N) is 1. The minimum atomic E-state index is -3.58. The zero-order valence-electron chi connectivity index (χ0n) is 14.5. The molecule has 1 saturated heterocycles. The molecule has 0 amide bonds. The van der Waals surface area contributed by atoms with Crippen LogP contribution in [0.4, 0.5) is 5.69 Å². The average molecular weight is 393 g/mol. The third-order valence-electron chi connectivity index (χ3n) is 4.61. The topological polar surface area (TPSA) is 66.5 Å². The minimum Gasteiger partial charge on any atom is -0.371 e. The second kappa shape index (κ2) is 7.78. The van der Waals surface area contributed by atoms with Crippen LogP contribution in [0.25, 0.3) is 0 Å². The molecule has 1 atom stereocenters. The Bertz CT molecular complexity index is 880. The molecule has 3 rings (SSSR count). The molecule has 1 N–H and O–H groups in total. The standard InChI is InChI=1S/C19H21ClN2O3S/c1-14(23)16-2-8-19(9-3-16)26(24,25)21-12-15-10-11-22(13-15)18-6-4-17(20)5-7-18/h2-9,15,21H,10-13H2,1H3. The van der Waals surface area contributed by atoms with E-state index in [0.29, 0.717) is 17.1 Å². The van der Waals surface area contributed by atoms with Gasteiger partial charge < -0.3 is 4.90 Å². The first kappa shape index (κ1) is 18.9. The molecular weight excluding hydrogens is 372 g/mol. The van der Waals surface area contributed by atoms with Gasteiger partial charge in [0.2, 0.25) is 10.0 Å². The van der Waals surface area contributed by atoms with E-state index in [9.17, 15) is 13.2 Å². The summed E-state index contributed by atoms with van der Waals surface area (Å²) >= 11 is 5.92. The van der Waals surface area contributed by atoms with Crippen LogP contribution < -0.4 is 9.62 Å². The van der Waals surface area contributed by atoms with E-state index in [0.717, 1.165) is 25.2 Å². The van der Waals surface area contributed by atoms with Crippen molar-refractivity contribution in [2.45, 2.75) is 18.2 Å². The van der Waals surface area contributed by atoms with Crippen LogP contribution in [0, 0.1) is 5.92 Å². The smallest absolute Gasteiger partial charge is 0.240 e. The van der Waals surface area contributed by atoms with E-state index in [1.807, 2.05) is 24.3 Å². The quantitative estimate of drug-likeness (QED) is 0.765. The number of nitrogens with zero attached hydrogens (tertiary/aromatic N) is 1. The number of ketones is 1. The van der Waals surface area contributed by atoms with Gasteiger partial charge in [-0.2, -0.15) is 0 Å². The van der Waals surface area contributed by atoms with E-state index in [1.165, 1.54) is 31.2 Å². The van der Waals surface area contributed by atoms with E-state index in [1.54, 1.807) is 0 Å². The molecule has 2 aromatic carbocycles. The van der Waals surface area contributed by atoms with Gasteiger partial charge in [0, 0.05) is 35.9 Å². The van der Waals surface area contributed by atoms with E-state index < -0.39 is 10.0 Å². The van der Waals surface area contributed by atoms with E-state index >= 15 is 0 Å². The van der Waals surface area contributed by atoms with E-state index in [-0.39, 0.29) is 16.6 Å². The molecule has 26 heavy (non-hydrogen) atoms. The fourth-order valence-corrected chi connectivity index (χ4v) is 4.31. The SMILES string of the molecule is CC(=O)c1ccc(S(=O)(=O)NCC2CCN(c3ccc(Cl)cc3)C2)cc1. The summed E-state index contributed by atoms with van der Waals surface area (Å²) < 4.78 is 27.6. The van der Waals surface area contributed by atoms with Crippen LogP contribution in [-0.2, 0) is 10.0 Å². The van der Waals surface area contributed by atoms with E-state index in [2.05, 4.69) is 9.62 Å². The molecule has 1 fully saturated rings. The molecule has 1 aliphatic heterocycles. The van der Waals surface area contributed by atoms with Crippen molar-refractivity contribution in [3.8, 4) is 0 Å². The largest absolute Gasteiger partial charge is 0.371 e. The van der Waals surface area contributed by atoms with Crippen molar-refractivity contribution in [2.75, 3.05) is 24.5 Å². The predicted molar refractivity (Wildman–Crippen MR) is 103 cm³/mol. The Kier molecular flexibility index (Phi) is 5.65. The number of benzene rings is 2. The highest BCUT2D eigenvalue weighted by Gasteiger charge is 2.24. The first-order valence-corrected chi connectivity index (χ1v) is 10.3. The highest BCUT2D eigenvalue weighted by molar-refractivity contribution is 7.89. The van der Waals surface area contributed by atoms with Crippen LogP contribution in [0.2, 0.25) is 5.02 Å². The number of halogens is 1. The Morgan fingerprint density at radius 1 is 1.15 bits per heavy atom. The summed E-state index contributed by atoms with van der Waals surface area (Å²) in [5.41, 5.74) is 1.60. The summed E-state index contributed by atoms with van der Waals surface area (Å²) in [6, 6.07) is 13.7. The van der Waals surface area contributed by atoms with Crippen molar-refractivity contribution in [3.05, 3.63) is 59.1 Å². The maximum atomic E-state index is 12.4. The van der Waals surface area contributed by atoms with Gasteiger partial charge in [-0.1, -0.05) is 23.7 Å². The second-order valence-electron chi connectivity index (χ2n) is 6.51. The maximum absolute atomic E-state index is 12.4. The Morgan fingerprint density at radius 2 is 1.81 bits per heavy atom. The lowest BCUT2D eigenvalue weighted by atomic mass is 10.1. The zero-order valence-corrected chi connectivity index (χ0v) is 16.1. The Morgan fingerprint density at radius 3 is 2.42 bits per heavy atom. The van der Waals surface area contributed by atoms with Crippen LogP contribution in [0.5, 0.6) is 0 Å². The van der Waals surface area contributed by atoms with Crippen molar-refractivity contribution in [1.29, 1.82) is 0 Å². The number of hydrogen-bond donors (Lipinski definition) is 1. The molecule has 0 aliphatic carbocycles. The Hall–Kier alpha value is -1.89. The number of anilines is 1. The number of carbonyl (C=O) groups is 1. The third kappa shape index (κ3) is 4.44. The van der Waals surface area contributed by atoms with Crippen molar-refractivity contribution in [2.24, 2.45) is 5.92 Å². The maximum Gasteiger partial charge on any atom is 0.240 e. The van der Waals surface area contributed by atoms with Gasteiger partial charge in [0.05, 0.1) is 4.90 Å². The Labute approximate surface area is 159 Å². The molecule has 0 radical (unpaired) electrons. The van der Waals surface area contributed by atoms with E-state index in [4.69, 9.17) is 11.6 Å². The molecular formula is C19H21ClN2O3S. The number of Topliss-reactive ketones (excluding diaryl/α,β-unsaturated/α-hetero) is 1. The summed E-state index contributed by atoms with van der Waals surface area (Å²) in [4.78, 5) is 13.7. The first-order chi connectivity index (χ1) is 12.3. The van der Waals surface area contributed by atoms with Gasteiger partial charge >= 0.3 is 0 Å². The molecule has 0 bridgehead atoms. The van der Waals surface area contributed by atoms with Crippen LogP contribution in [0.15, 0.2) is 53.4 Å². The minimum absolute atomic E-state index is 0.0878. The normalized spacial score (nSPS) is 17.5. The van der Waals surface area contributed by atoms with Gasteiger partial charge in [-0.25, -0.2) is 13.1 Å². The van der Waals surface area contributed by atoms with Crippen LogP contribution in [-0.4, -0.2) is 33.8 Å². The van der Waals surface area contributed by atoms with Crippen molar-refractivity contribution in [3.63, 3.8) is 0 Å². The highest BCUT2D eigenvalue weighted by Crippen LogP contribution is 2.25. The van der Waals surface area contributed by atoms with Gasteiger partial charge in [-0.05, 0) is 55.7 Å². The summed E-state index contributed by atoms with van der Waals surface area (Å²) in [5.74, 6) is 0.159. The number of sulfonamides is 1. The lowest BCUT2D eigenvalue weighted by molar-refractivity contribution is 0.101. The highest BCUT2D eigenvalue weighted by atomic mass is 35.5. The van der Waals surface area contributed by atoms with Crippen molar-refractivity contribution < 1.29 is 13.2 Å². The Balaban J connectivity index is 1.58. The van der Waals surface area contributed by atoms with Gasteiger partial charge in [0.1, 0.15) is 0 Å². The monoisotopic (exact) mass is 392 g/mol. The molecule has 138 valence electrons. The number of carbonyl (C=O) groups excluding carboxylic acids is 1. The molecule has 1 unspecified atom stereocenters. The fourth-order valence-electron chi connectivity index (χ4n) is 3.07. The summed E-state index contributed by atoms with van der Waals surface area (Å²) in [5, 5.41) is 0.702. The predicted octanol–water partition coefficient (Wildman–Crippen LogP) is 3.35. The van der Waals surface area contributed by atoms with Gasteiger partial charge in [-0.15, -0.1) is 0 Å². The van der Waals surface area contributed by atoms with Crippen LogP contribution in [0.3, 0.4) is 0 Å². The molecule has 2 aromatic rings. The molecule has 1 aliphatic rings. The molecule has 0 saturated carbocycles. The molecule has 0 spiro atoms. The van der Waals surface area contributed by atoms with Gasteiger partial charge in [0.25, 0.3) is 0 Å². The molecule has 1 heterocycles. The number of hydrogen-bond acceptors (Lipinski definition) is 4. The molecule has 5 nitrogen and oxygen atoms in total. The summed E-state index contributed by atoms with van der Waals surface area (Å²) in [6.07, 6.45) is 0.925. The van der Waals surface area contributed by atoms with Crippen LogP contribution >= 0.6 is 11.6 Å². The average Bonchev–Trinajstić information content (AvgIpc) is 3.10. The lowest BCUT2D eigenvalue weighted by Crippen LogP contribution is -2.31. The summed E-state index contributed by atoms with van der Waals surface area (Å²) in [7, 11) is -3.58. The molecule has 0 aromatic heterocycles. The van der Waals surface area contributed by atoms with Crippen molar-refractivity contribution in [1.82, 2.24) is 4.72 Å². The number of rotatable bonds is 6. The zero-order chi connectivity index (χ0) is 18.7. The third-order valence-corrected chi connectivity index (χ3v) is 6.30. The first-order valence-electron chi connectivity index (χ1n) is 8.46. The van der Waals surface area contributed by atoms with Gasteiger partial charge in [0.15, 0.2) is 5.78 Å². The van der Waals surface area contributed by atoms with Crippen molar-refractivity contribution >= 4 is 33.1 Å². The van der Waals surface area contributed by atoms with Crippen LogP contribution in [0.1, 0.15) is 23.7 Å². The summed E-state index contributed by atoms with van der Waals surface area (Å²) in [6.45, 7) is 3.53.